The van der Waals surface area contributed by atoms with Crippen LogP contribution >= 0.6 is 0 Å². The molecule has 0 aliphatic carbocycles. The quantitative estimate of drug-likeness (QED) is 0.535. The summed E-state index contributed by atoms with van der Waals surface area (Å²) in [7, 11) is 0. The summed E-state index contributed by atoms with van der Waals surface area (Å²) in [5.74, 6) is -1.38. The summed E-state index contributed by atoms with van der Waals surface area (Å²) in [6.07, 6.45) is -2.30. The van der Waals surface area contributed by atoms with Crippen molar-refractivity contribution in [2.24, 2.45) is 0 Å². The number of carbonyl (C=O) groups is 1. The van der Waals surface area contributed by atoms with Crippen molar-refractivity contribution in [1.82, 2.24) is 4.98 Å². The van der Waals surface area contributed by atoms with Crippen LogP contribution in [-0.4, -0.2) is 44.1 Å². The van der Waals surface area contributed by atoms with E-state index in [1.54, 1.807) is 6.92 Å². The second-order valence-corrected chi connectivity index (χ2v) is 3.93. The highest BCUT2D eigenvalue weighted by Gasteiger charge is 2.31. The number of pyridine rings is 1. The molecule has 0 aliphatic rings. The second-order valence-electron chi connectivity index (χ2n) is 3.93. The van der Waals surface area contributed by atoms with Crippen molar-refractivity contribution in [2.75, 3.05) is 6.61 Å². The Morgan fingerprint density at radius 1 is 1.47 bits per heavy atom. The maximum absolute atomic E-state index is 11.4. The molecule has 2 atom stereocenters. The van der Waals surface area contributed by atoms with E-state index in [2.05, 4.69) is 9.72 Å². The Hall–Kier alpha value is -1.70. The van der Waals surface area contributed by atoms with Crippen molar-refractivity contribution < 1.29 is 30.0 Å². The third-order valence-electron chi connectivity index (χ3n) is 2.65. The molecule has 0 saturated carbocycles. The summed E-state index contributed by atoms with van der Waals surface area (Å²) in [4.78, 5) is 15.2. The van der Waals surface area contributed by atoms with Crippen LogP contribution in [0, 0.1) is 6.92 Å². The smallest absolute Gasteiger partial charge is 0.338 e. The van der Waals surface area contributed by atoms with Gasteiger partial charge in [0, 0.05) is 17.3 Å². The van der Waals surface area contributed by atoms with Gasteiger partial charge in [-0.1, -0.05) is 0 Å². The fourth-order valence-corrected chi connectivity index (χ4v) is 1.62. The Morgan fingerprint density at radius 2 is 2.11 bits per heavy atom. The van der Waals surface area contributed by atoms with Crippen molar-refractivity contribution in [1.29, 1.82) is 0 Å². The molecule has 1 rings (SSSR count). The monoisotopic (exact) mass is 271 g/mol. The van der Waals surface area contributed by atoms with E-state index in [9.17, 15) is 20.1 Å². The summed E-state index contributed by atoms with van der Waals surface area (Å²) in [6.45, 7) is 2.60. The average Bonchev–Trinajstić information content (AvgIpc) is 2.40. The van der Waals surface area contributed by atoms with E-state index in [1.165, 1.54) is 13.1 Å². The average molecular weight is 271 g/mol. The lowest BCUT2D eigenvalue weighted by Gasteiger charge is -2.20. The number of aryl methyl sites for hydroxylation is 1. The molecule has 0 amide bonds. The number of hydrogen-bond acceptors (Lipinski definition) is 7. The van der Waals surface area contributed by atoms with Crippen LogP contribution in [0.3, 0.4) is 0 Å². The molecule has 1 aromatic heterocycles. The topological polar surface area (TPSA) is 120 Å². The van der Waals surface area contributed by atoms with Gasteiger partial charge in [-0.2, -0.15) is 0 Å². The Kier molecular flexibility index (Phi) is 5.22. The zero-order valence-electron chi connectivity index (χ0n) is 10.7. The minimum Gasteiger partial charge on any atom is -0.506 e. The van der Waals surface area contributed by atoms with E-state index >= 15 is 0 Å². The van der Waals surface area contributed by atoms with Gasteiger partial charge in [0.1, 0.15) is 11.9 Å². The highest BCUT2D eigenvalue weighted by atomic mass is 16.5. The maximum Gasteiger partial charge on any atom is 0.338 e. The highest BCUT2D eigenvalue weighted by molar-refractivity contribution is 5.75. The van der Waals surface area contributed by atoms with E-state index in [4.69, 9.17) is 5.11 Å². The van der Waals surface area contributed by atoms with Crippen LogP contribution in [0.2, 0.25) is 0 Å². The minimum atomic E-state index is -1.85. The number of esters is 1. The first kappa shape index (κ1) is 15.4. The molecule has 1 aromatic rings. The van der Waals surface area contributed by atoms with Crippen LogP contribution in [0.4, 0.5) is 0 Å². The molecule has 1 heterocycles. The third-order valence-corrected chi connectivity index (χ3v) is 2.65. The van der Waals surface area contributed by atoms with Gasteiger partial charge in [-0.15, -0.1) is 0 Å². The molecule has 19 heavy (non-hydrogen) atoms. The molecule has 0 saturated heterocycles. The normalized spacial score (nSPS) is 13.9. The number of nitrogens with zero attached hydrogens (tertiary/aromatic N) is 1. The van der Waals surface area contributed by atoms with Crippen LogP contribution in [-0.2, 0) is 16.1 Å². The van der Waals surface area contributed by atoms with Crippen molar-refractivity contribution in [3.8, 4) is 5.75 Å². The van der Waals surface area contributed by atoms with E-state index in [-0.39, 0.29) is 29.2 Å². The number of aromatic nitrogens is 1. The summed E-state index contributed by atoms with van der Waals surface area (Å²) in [5.41, 5.74) is 0.205. The Bertz CT molecular complexity index is 462. The highest BCUT2D eigenvalue weighted by Crippen LogP contribution is 2.32. The number of aromatic hydroxyl groups is 1. The SMILES string of the molecule is CCOC(=O)C(O)C(O)c1c(CO)cnc(C)c1O. The molecular weight excluding hydrogens is 254 g/mol. The van der Waals surface area contributed by atoms with Gasteiger partial charge in [-0.05, 0) is 13.8 Å². The van der Waals surface area contributed by atoms with E-state index < -0.39 is 24.8 Å². The fraction of sp³-hybridized carbons (Fsp3) is 0.500. The second kappa shape index (κ2) is 6.46. The maximum atomic E-state index is 11.4. The lowest BCUT2D eigenvalue weighted by atomic mass is 9.98. The van der Waals surface area contributed by atoms with Crippen LogP contribution in [0.1, 0.15) is 29.8 Å². The standard InChI is InChI=1S/C12H17NO6/c1-3-19-12(18)11(17)10(16)8-7(5-14)4-13-6(2)9(8)15/h4,10-11,14-17H,3,5H2,1-2H3. The lowest BCUT2D eigenvalue weighted by Crippen LogP contribution is -2.30. The number of carbonyl (C=O) groups excluding carboxylic acids is 1. The molecule has 7 nitrogen and oxygen atoms in total. The largest absolute Gasteiger partial charge is 0.506 e. The predicted molar refractivity (Wildman–Crippen MR) is 64.2 cm³/mol. The first-order chi connectivity index (χ1) is 8.93. The molecule has 0 aromatic carbocycles. The van der Waals surface area contributed by atoms with E-state index in [1.807, 2.05) is 0 Å². The van der Waals surface area contributed by atoms with Crippen LogP contribution in [0.15, 0.2) is 6.20 Å². The van der Waals surface area contributed by atoms with Crippen molar-refractivity contribution in [3.63, 3.8) is 0 Å². The number of aliphatic hydroxyl groups excluding tert-OH is 3. The van der Waals surface area contributed by atoms with Gasteiger partial charge >= 0.3 is 5.97 Å². The zero-order valence-corrected chi connectivity index (χ0v) is 10.7. The first-order valence-electron chi connectivity index (χ1n) is 5.74. The predicted octanol–water partition coefficient (Wildman–Crippen LogP) is -0.455. The minimum absolute atomic E-state index is 0.0524. The van der Waals surface area contributed by atoms with Gasteiger partial charge in [0.2, 0.25) is 0 Å². The number of hydrogen-bond donors (Lipinski definition) is 4. The third kappa shape index (κ3) is 3.19. The van der Waals surface area contributed by atoms with Gasteiger partial charge in [0.15, 0.2) is 6.10 Å². The number of rotatable bonds is 5. The Balaban J connectivity index is 3.14. The van der Waals surface area contributed by atoms with Crippen LogP contribution < -0.4 is 0 Å². The van der Waals surface area contributed by atoms with Crippen molar-refractivity contribution >= 4 is 5.97 Å². The van der Waals surface area contributed by atoms with Crippen LogP contribution in [0.5, 0.6) is 5.75 Å². The van der Waals surface area contributed by atoms with Crippen molar-refractivity contribution in [2.45, 2.75) is 32.7 Å². The molecule has 7 heteroatoms. The van der Waals surface area contributed by atoms with Gasteiger partial charge in [-0.25, -0.2) is 4.79 Å². The first-order valence-corrected chi connectivity index (χ1v) is 5.74. The van der Waals surface area contributed by atoms with Gasteiger partial charge in [0.25, 0.3) is 0 Å². The lowest BCUT2D eigenvalue weighted by molar-refractivity contribution is -0.159. The molecule has 0 aliphatic heterocycles. The molecular formula is C12H17NO6. The number of ether oxygens (including phenoxy) is 1. The fourth-order valence-electron chi connectivity index (χ4n) is 1.62. The zero-order chi connectivity index (χ0) is 14.6. The molecule has 0 spiro atoms. The molecule has 106 valence electrons. The van der Waals surface area contributed by atoms with Gasteiger partial charge in [0.05, 0.1) is 18.9 Å². The Labute approximate surface area is 110 Å². The van der Waals surface area contributed by atoms with Gasteiger partial charge < -0.3 is 25.2 Å². The molecule has 0 fully saturated rings. The number of aliphatic hydroxyl groups is 3. The van der Waals surface area contributed by atoms with Crippen molar-refractivity contribution in [3.05, 3.63) is 23.0 Å². The molecule has 0 radical (unpaired) electrons. The summed E-state index contributed by atoms with van der Waals surface area (Å²) >= 11 is 0. The summed E-state index contributed by atoms with van der Waals surface area (Å²) in [6, 6.07) is 0. The summed E-state index contributed by atoms with van der Waals surface area (Å²) < 4.78 is 4.58. The summed E-state index contributed by atoms with van der Waals surface area (Å²) in [5, 5.41) is 38.6. The molecule has 2 unspecified atom stereocenters. The molecule has 0 bridgehead atoms. The Morgan fingerprint density at radius 3 is 2.63 bits per heavy atom. The molecule has 4 N–H and O–H groups in total. The van der Waals surface area contributed by atoms with Crippen LogP contribution in [0.25, 0.3) is 0 Å². The van der Waals surface area contributed by atoms with E-state index in [0.717, 1.165) is 0 Å². The van der Waals surface area contributed by atoms with E-state index in [0.29, 0.717) is 0 Å². The van der Waals surface area contributed by atoms with Gasteiger partial charge in [-0.3, -0.25) is 4.98 Å².